The molecule has 3 unspecified atom stereocenters. The van der Waals surface area contributed by atoms with Gasteiger partial charge in [-0.1, -0.05) is 44.9 Å². The predicted octanol–water partition coefficient (Wildman–Crippen LogP) is 4.22. The van der Waals surface area contributed by atoms with E-state index in [2.05, 4.69) is 51.2 Å². The molecule has 0 spiro atoms. The zero-order chi connectivity index (χ0) is 13.1. The van der Waals surface area contributed by atoms with Gasteiger partial charge in [0.15, 0.2) is 0 Å². The van der Waals surface area contributed by atoms with Gasteiger partial charge in [-0.25, -0.2) is 0 Å². The number of hydrogen-bond donors (Lipinski definition) is 1. The van der Waals surface area contributed by atoms with Gasteiger partial charge < -0.3 is 5.32 Å². The minimum Gasteiger partial charge on any atom is -0.310 e. The fraction of sp³-hybridized carbons (Fsp3) is 0.647. The van der Waals surface area contributed by atoms with Crippen molar-refractivity contribution in [3.63, 3.8) is 0 Å². The molecule has 2 rings (SSSR count). The molecule has 1 aromatic carbocycles. The maximum Gasteiger partial charge on any atom is 0.0208 e. The van der Waals surface area contributed by atoms with Crippen LogP contribution < -0.4 is 5.32 Å². The Morgan fingerprint density at radius 2 is 1.89 bits per heavy atom. The SMILES string of the molecule is Cc1ccc(CNC2CCCC(C)C2C)cc1C. The molecule has 1 aliphatic rings. The molecule has 0 radical (unpaired) electrons. The molecule has 0 aromatic heterocycles. The molecule has 0 heterocycles. The smallest absolute Gasteiger partial charge is 0.0208 e. The highest BCUT2D eigenvalue weighted by Crippen LogP contribution is 2.29. The van der Waals surface area contributed by atoms with Crippen LogP contribution in [-0.4, -0.2) is 6.04 Å². The molecule has 1 fully saturated rings. The molecule has 1 aromatic rings. The second-order valence-electron chi connectivity index (χ2n) is 6.17. The second-order valence-corrected chi connectivity index (χ2v) is 6.17. The summed E-state index contributed by atoms with van der Waals surface area (Å²) in [7, 11) is 0. The lowest BCUT2D eigenvalue weighted by molar-refractivity contribution is 0.206. The molecule has 0 amide bonds. The van der Waals surface area contributed by atoms with Crippen molar-refractivity contribution < 1.29 is 0 Å². The van der Waals surface area contributed by atoms with E-state index in [0.717, 1.165) is 18.4 Å². The zero-order valence-electron chi connectivity index (χ0n) is 12.3. The Labute approximate surface area is 112 Å². The Hall–Kier alpha value is -0.820. The molecule has 0 aliphatic heterocycles. The predicted molar refractivity (Wildman–Crippen MR) is 78.7 cm³/mol. The standard InChI is InChI=1S/C17H27N/c1-12-8-9-16(10-14(12)3)11-18-17-7-5-6-13(2)15(17)4/h8-10,13,15,17-18H,5-7,11H2,1-4H3. The van der Waals surface area contributed by atoms with Crippen LogP contribution in [0.5, 0.6) is 0 Å². The molecule has 100 valence electrons. The Morgan fingerprint density at radius 3 is 2.61 bits per heavy atom. The molecular weight excluding hydrogens is 218 g/mol. The first-order valence-corrected chi connectivity index (χ1v) is 7.37. The molecule has 18 heavy (non-hydrogen) atoms. The van der Waals surface area contributed by atoms with Crippen molar-refractivity contribution >= 4 is 0 Å². The van der Waals surface area contributed by atoms with Crippen LogP contribution in [0.15, 0.2) is 18.2 Å². The van der Waals surface area contributed by atoms with E-state index in [1.54, 1.807) is 0 Å². The summed E-state index contributed by atoms with van der Waals surface area (Å²) in [4.78, 5) is 0. The van der Waals surface area contributed by atoms with Crippen LogP contribution in [0.1, 0.15) is 49.8 Å². The van der Waals surface area contributed by atoms with Gasteiger partial charge in [0.1, 0.15) is 0 Å². The fourth-order valence-electron chi connectivity index (χ4n) is 3.03. The van der Waals surface area contributed by atoms with Crippen molar-refractivity contribution in [3.8, 4) is 0 Å². The third-order valence-electron chi connectivity index (χ3n) is 4.85. The van der Waals surface area contributed by atoms with Crippen LogP contribution in [0.2, 0.25) is 0 Å². The summed E-state index contributed by atoms with van der Waals surface area (Å²) in [5, 5.41) is 3.76. The highest BCUT2D eigenvalue weighted by Gasteiger charge is 2.26. The lowest BCUT2D eigenvalue weighted by Gasteiger charge is -2.34. The van der Waals surface area contributed by atoms with Crippen molar-refractivity contribution in [2.24, 2.45) is 11.8 Å². The third-order valence-corrected chi connectivity index (χ3v) is 4.85. The van der Waals surface area contributed by atoms with Crippen LogP contribution in [-0.2, 0) is 6.54 Å². The molecule has 1 aliphatic carbocycles. The molecular formula is C17H27N. The lowest BCUT2D eigenvalue weighted by atomic mass is 9.78. The summed E-state index contributed by atoms with van der Waals surface area (Å²) in [6.07, 6.45) is 4.13. The molecule has 3 atom stereocenters. The van der Waals surface area contributed by atoms with Gasteiger partial charge in [-0.2, -0.15) is 0 Å². The average Bonchev–Trinajstić information content (AvgIpc) is 2.35. The van der Waals surface area contributed by atoms with E-state index in [9.17, 15) is 0 Å². The Morgan fingerprint density at radius 1 is 1.11 bits per heavy atom. The first-order chi connectivity index (χ1) is 8.58. The summed E-state index contributed by atoms with van der Waals surface area (Å²) >= 11 is 0. The topological polar surface area (TPSA) is 12.0 Å². The van der Waals surface area contributed by atoms with Crippen molar-refractivity contribution in [1.82, 2.24) is 5.32 Å². The van der Waals surface area contributed by atoms with E-state index < -0.39 is 0 Å². The number of nitrogens with one attached hydrogen (secondary N) is 1. The Balaban J connectivity index is 1.92. The summed E-state index contributed by atoms with van der Waals surface area (Å²) in [6.45, 7) is 10.2. The van der Waals surface area contributed by atoms with Gasteiger partial charge >= 0.3 is 0 Å². The summed E-state index contributed by atoms with van der Waals surface area (Å²) in [6, 6.07) is 7.51. The average molecular weight is 245 g/mol. The van der Waals surface area contributed by atoms with Crippen molar-refractivity contribution in [2.45, 2.75) is 59.5 Å². The van der Waals surface area contributed by atoms with E-state index in [0.29, 0.717) is 6.04 Å². The Bertz CT molecular complexity index is 397. The first kappa shape index (κ1) is 13.6. The quantitative estimate of drug-likeness (QED) is 0.841. The molecule has 1 N–H and O–H groups in total. The largest absolute Gasteiger partial charge is 0.310 e. The number of aryl methyl sites for hydroxylation is 2. The molecule has 1 heteroatoms. The number of rotatable bonds is 3. The molecule has 0 bridgehead atoms. The summed E-state index contributed by atoms with van der Waals surface area (Å²) in [5.41, 5.74) is 4.21. The van der Waals surface area contributed by atoms with Crippen molar-refractivity contribution in [3.05, 3.63) is 34.9 Å². The van der Waals surface area contributed by atoms with Gasteiger partial charge in [0.25, 0.3) is 0 Å². The first-order valence-electron chi connectivity index (χ1n) is 7.37. The van der Waals surface area contributed by atoms with Crippen LogP contribution >= 0.6 is 0 Å². The minimum absolute atomic E-state index is 0.704. The lowest BCUT2D eigenvalue weighted by Crippen LogP contribution is -2.40. The van der Waals surface area contributed by atoms with Crippen molar-refractivity contribution in [1.29, 1.82) is 0 Å². The van der Waals surface area contributed by atoms with Crippen LogP contribution in [0.3, 0.4) is 0 Å². The highest BCUT2D eigenvalue weighted by atomic mass is 14.9. The zero-order valence-corrected chi connectivity index (χ0v) is 12.3. The van der Waals surface area contributed by atoms with Gasteiger partial charge in [-0.05, 0) is 48.8 Å². The van der Waals surface area contributed by atoms with E-state index in [4.69, 9.17) is 0 Å². The third kappa shape index (κ3) is 3.14. The minimum atomic E-state index is 0.704. The number of hydrogen-bond acceptors (Lipinski definition) is 1. The van der Waals surface area contributed by atoms with E-state index in [1.165, 1.54) is 36.0 Å². The van der Waals surface area contributed by atoms with Gasteiger partial charge in [0.05, 0.1) is 0 Å². The maximum absolute atomic E-state index is 3.76. The van der Waals surface area contributed by atoms with Gasteiger partial charge in [0, 0.05) is 12.6 Å². The Kier molecular flexibility index (Phi) is 4.45. The highest BCUT2D eigenvalue weighted by molar-refractivity contribution is 5.29. The maximum atomic E-state index is 3.76. The monoisotopic (exact) mass is 245 g/mol. The van der Waals surface area contributed by atoms with Gasteiger partial charge in [-0.15, -0.1) is 0 Å². The summed E-state index contributed by atoms with van der Waals surface area (Å²) < 4.78 is 0. The van der Waals surface area contributed by atoms with Crippen LogP contribution in [0.25, 0.3) is 0 Å². The molecule has 1 saturated carbocycles. The second kappa shape index (κ2) is 5.88. The summed E-state index contributed by atoms with van der Waals surface area (Å²) in [5.74, 6) is 1.68. The van der Waals surface area contributed by atoms with Gasteiger partial charge in [0.2, 0.25) is 0 Å². The number of benzene rings is 1. The van der Waals surface area contributed by atoms with Gasteiger partial charge in [-0.3, -0.25) is 0 Å². The molecule has 1 nitrogen and oxygen atoms in total. The van der Waals surface area contributed by atoms with E-state index >= 15 is 0 Å². The fourth-order valence-corrected chi connectivity index (χ4v) is 3.03. The molecule has 0 saturated heterocycles. The van der Waals surface area contributed by atoms with E-state index in [-0.39, 0.29) is 0 Å². The van der Waals surface area contributed by atoms with E-state index in [1.807, 2.05) is 0 Å². The normalized spacial score (nSPS) is 28.3. The van der Waals surface area contributed by atoms with Crippen LogP contribution in [0.4, 0.5) is 0 Å². The van der Waals surface area contributed by atoms with Crippen LogP contribution in [0, 0.1) is 25.7 Å². The van der Waals surface area contributed by atoms with Crippen molar-refractivity contribution in [2.75, 3.05) is 0 Å².